The monoisotopic (exact) mass is 524 g/mol. The highest BCUT2D eigenvalue weighted by molar-refractivity contribution is 14.0. The maximum absolute atomic E-state index is 12.0. The summed E-state index contributed by atoms with van der Waals surface area (Å²) in [5.41, 5.74) is -0.193. The molecule has 1 amide bonds. The summed E-state index contributed by atoms with van der Waals surface area (Å²) in [7, 11) is 1.78. The van der Waals surface area contributed by atoms with E-state index in [1.165, 1.54) is 25.7 Å². The van der Waals surface area contributed by atoms with Crippen molar-refractivity contribution in [1.82, 2.24) is 15.5 Å². The summed E-state index contributed by atoms with van der Waals surface area (Å²) in [6.07, 6.45) is 6.70. The van der Waals surface area contributed by atoms with E-state index in [9.17, 15) is 4.79 Å². The molecule has 1 saturated carbocycles. The van der Waals surface area contributed by atoms with Gasteiger partial charge in [0.1, 0.15) is 5.60 Å². The Bertz CT molecular complexity index is 531. The number of hydrogen-bond donors (Lipinski definition) is 2. The number of nitrogens with one attached hydrogen (secondary N) is 2. The Morgan fingerprint density at radius 1 is 1.28 bits per heavy atom. The zero-order chi connectivity index (χ0) is 20.6. The van der Waals surface area contributed by atoms with E-state index in [4.69, 9.17) is 14.5 Å². The third kappa shape index (κ3) is 8.86. The summed E-state index contributed by atoms with van der Waals surface area (Å²) in [4.78, 5) is 19.3. The third-order valence-corrected chi connectivity index (χ3v) is 5.61. The molecule has 2 rings (SSSR count). The molecule has 0 spiro atoms. The van der Waals surface area contributed by atoms with E-state index < -0.39 is 5.60 Å². The van der Waals surface area contributed by atoms with Crippen molar-refractivity contribution in [3.8, 4) is 0 Å². The summed E-state index contributed by atoms with van der Waals surface area (Å²) in [5.74, 6) is 0.958. The van der Waals surface area contributed by atoms with Crippen molar-refractivity contribution in [2.75, 3.05) is 39.9 Å². The van der Waals surface area contributed by atoms with Crippen LogP contribution in [0.5, 0.6) is 0 Å². The van der Waals surface area contributed by atoms with Crippen molar-refractivity contribution >= 4 is 36.0 Å². The number of aliphatic imine (C=N–C) groups is 1. The Kier molecular flexibility index (Phi) is 11.0. The fourth-order valence-electron chi connectivity index (χ4n) is 4.14. The lowest BCUT2D eigenvalue weighted by Crippen LogP contribution is -2.44. The van der Waals surface area contributed by atoms with E-state index in [-0.39, 0.29) is 41.5 Å². The van der Waals surface area contributed by atoms with Gasteiger partial charge in [-0.05, 0) is 58.8 Å². The molecule has 1 aliphatic heterocycles. The molecule has 0 aromatic rings. The van der Waals surface area contributed by atoms with E-state index in [2.05, 4.69) is 22.5 Å². The number of ether oxygens (including phenoxy) is 2. The average Bonchev–Trinajstić information content (AvgIpc) is 3.25. The van der Waals surface area contributed by atoms with Gasteiger partial charge in [0, 0.05) is 39.9 Å². The van der Waals surface area contributed by atoms with Crippen molar-refractivity contribution in [2.45, 2.75) is 77.9 Å². The van der Waals surface area contributed by atoms with Crippen LogP contribution in [-0.4, -0.2) is 68.5 Å². The van der Waals surface area contributed by atoms with Gasteiger partial charge in [-0.2, -0.15) is 0 Å². The predicted molar refractivity (Wildman–Crippen MR) is 128 cm³/mol. The topological polar surface area (TPSA) is 75.2 Å². The van der Waals surface area contributed by atoms with Crippen LogP contribution in [0, 0.1) is 5.41 Å². The molecule has 1 aliphatic carbocycles. The number of nitrogens with zero attached hydrogens (tertiary/aromatic N) is 2. The first-order chi connectivity index (χ1) is 13.3. The molecule has 0 aromatic carbocycles. The number of halogens is 1. The molecule has 2 fully saturated rings. The van der Waals surface area contributed by atoms with Crippen LogP contribution in [0.2, 0.25) is 0 Å². The summed E-state index contributed by atoms with van der Waals surface area (Å²) in [6, 6.07) is 0.0904. The molecule has 7 nitrogen and oxygen atoms in total. The number of carbonyl (C=O) groups excluding carboxylic acids is 1. The molecule has 8 heteroatoms. The highest BCUT2D eigenvalue weighted by Crippen LogP contribution is 2.41. The van der Waals surface area contributed by atoms with Crippen LogP contribution in [0.25, 0.3) is 0 Å². The standard InChI is InChI=1S/C21H40N4O3.HI/c1-6-22-18(23-16-21(12-14-27-5)10-7-8-11-21)25-13-9-17(15-25)24-19(26)28-20(2,3)4;/h17H,6-16H2,1-5H3,(H,22,23)(H,24,26);1H/t17-;/m1./s1. The number of methoxy groups -OCH3 is 1. The minimum absolute atomic E-state index is 0. The largest absolute Gasteiger partial charge is 0.444 e. The first-order valence-electron chi connectivity index (χ1n) is 10.8. The first-order valence-corrected chi connectivity index (χ1v) is 10.8. The van der Waals surface area contributed by atoms with Gasteiger partial charge in [-0.1, -0.05) is 12.8 Å². The number of hydrogen-bond acceptors (Lipinski definition) is 4. The molecule has 2 aliphatic rings. The highest BCUT2D eigenvalue weighted by atomic mass is 127. The molecule has 1 atom stereocenters. The van der Waals surface area contributed by atoms with Crippen LogP contribution >= 0.6 is 24.0 Å². The maximum atomic E-state index is 12.0. The lowest BCUT2D eigenvalue weighted by Gasteiger charge is -2.29. The van der Waals surface area contributed by atoms with Gasteiger partial charge in [-0.15, -0.1) is 24.0 Å². The maximum Gasteiger partial charge on any atom is 0.407 e. The Balaban J connectivity index is 0.00000420. The summed E-state index contributed by atoms with van der Waals surface area (Å²) in [5, 5.41) is 6.43. The number of guanidine groups is 1. The van der Waals surface area contributed by atoms with Crippen LogP contribution in [0.3, 0.4) is 0 Å². The Morgan fingerprint density at radius 3 is 2.55 bits per heavy atom. The van der Waals surface area contributed by atoms with Gasteiger partial charge in [0.15, 0.2) is 5.96 Å². The van der Waals surface area contributed by atoms with Gasteiger partial charge in [0.2, 0.25) is 0 Å². The lowest BCUT2D eigenvalue weighted by atomic mass is 9.83. The van der Waals surface area contributed by atoms with Crippen LogP contribution in [0.15, 0.2) is 4.99 Å². The molecular weight excluding hydrogens is 483 g/mol. The SMILES string of the molecule is CCNC(=NCC1(CCOC)CCCC1)N1CC[C@@H](NC(=O)OC(C)(C)C)C1.I. The number of alkyl carbamates (subject to hydrolysis) is 1. The van der Waals surface area contributed by atoms with E-state index in [0.717, 1.165) is 51.6 Å². The number of carbonyl (C=O) groups is 1. The third-order valence-electron chi connectivity index (χ3n) is 5.61. The van der Waals surface area contributed by atoms with Crippen molar-refractivity contribution in [3.05, 3.63) is 0 Å². The molecule has 1 heterocycles. The van der Waals surface area contributed by atoms with Crippen molar-refractivity contribution in [3.63, 3.8) is 0 Å². The fourth-order valence-corrected chi connectivity index (χ4v) is 4.14. The Hall–Kier alpha value is -0.770. The van der Waals surface area contributed by atoms with Crippen molar-refractivity contribution < 1.29 is 14.3 Å². The van der Waals surface area contributed by atoms with Crippen molar-refractivity contribution in [2.24, 2.45) is 10.4 Å². The second kappa shape index (κ2) is 12.2. The van der Waals surface area contributed by atoms with E-state index in [0.29, 0.717) is 0 Å². The average molecular weight is 524 g/mol. The van der Waals surface area contributed by atoms with E-state index in [1.807, 2.05) is 20.8 Å². The highest BCUT2D eigenvalue weighted by Gasteiger charge is 2.34. The molecule has 0 bridgehead atoms. The fraction of sp³-hybridized carbons (Fsp3) is 0.905. The molecular formula is C21H41IN4O3. The molecule has 0 aromatic heterocycles. The van der Waals surface area contributed by atoms with Crippen LogP contribution in [0.1, 0.15) is 66.2 Å². The minimum atomic E-state index is -0.476. The predicted octanol–water partition coefficient (Wildman–Crippen LogP) is 3.77. The van der Waals surface area contributed by atoms with Crippen LogP contribution in [0.4, 0.5) is 4.79 Å². The van der Waals surface area contributed by atoms with Gasteiger partial charge in [0.25, 0.3) is 0 Å². The van der Waals surface area contributed by atoms with Gasteiger partial charge < -0.3 is 25.0 Å². The molecule has 1 saturated heterocycles. The molecule has 170 valence electrons. The van der Waals surface area contributed by atoms with E-state index >= 15 is 0 Å². The first kappa shape index (κ1) is 26.3. The summed E-state index contributed by atoms with van der Waals surface area (Å²) >= 11 is 0. The van der Waals surface area contributed by atoms with E-state index in [1.54, 1.807) is 7.11 Å². The number of likely N-dealkylation sites (tertiary alicyclic amines) is 1. The van der Waals surface area contributed by atoms with Gasteiger partial charge in [-0.25, -0.2) is 4.79 Å². The molecule has 0 unspecified atom stereocenters. The smallest absolute Gasteiger partial charge is 0.407 e. The molecule has 2 N–H and O–H groups in total. The van der Waals surface area contributed by atoms with Crippen LogP contribution < -0.4 is 10.6 Å². The second-order valence-electron chi connectivity index (χ2n) is 9.20. The summed E-state index contributed by atoms with van der Waals surface area (Å²) < 4.78 is 10.7. The normalized spacial score (nSPS) is 21.6. The van der Waals surface area contributed by atoms with Gasteiger partial charge >= 0.3 is 6.09 Å². The second-order valence-corrected chi connectivity index (χ2v) is 9.20. The van der Waals surface area contributed by atoms with Crippen LogP contribution in [-0.2, 0) is 9.47 Å². The molecule has 0 radical (unpaired) electrons. The number of amides is 1. The molecule has 29 heavy (non-hydrogen) atoms. The van der Waals surface area contributed by atoms with Gasteiger partial charge in [0.05, 0.1) is 6.04 Å². The Morgan fingerprint density at radius 2 is 1.97 bits per heavy atom. The quantitative estimate of drug-likeness (QED) is 0.302. The summed E-state index contributed by atoms with van der Waals surface area (Å²) in [6.45, 7) is 11.9. The Labute approximate surface area is 193 Å². The zero-order valence-corrected chi connectivity index (χ0v) is 21.2. The van der Waals surface area contributed by atoms with Gasteiger partial charge in [-0.3, -0.25) is 4.99 Å². The van der Waals surface area contributed by atoms with Crippen molar-refractivity contribution in [1.29, 1.82) is 0 Å². The number of rotatable bonds is 7. The lowest BCUT2D eigenvalue weighted by molar-refractivity contribution is 0.0507. The minimum Gasteiger partial charge on any atom is -0.444 e. The zero-order valence-electron chi connectivity index (χ0n) is 18.9.